The molecule has 0 aliphatic heterocycles. The summed E-state index contributed by atoms with van der Waals surface area (Å²) < 4.78 is 2.35. The Morgan fingerprint density at radius 3 is 1.40 bits per heavy atom. The number of rotatable bonds is 8. The van der Waals surface area contributed by atoms with Crippen LogP contribution in [0.2, 0.25) is 0 Å². The van der Waals surface area contributed by atoms with Crippen molar-refractivity contribution in [2.24, 2.45) is 0 Å². The second-order valence-electron chi connectivity index (χ2n) is 16.6. The summed E-state index contributed by atoms with van der Waals surface area (Å²) in [7, 11) is -2.85. The molecule has 11 aromatic rings. The average Bonchev–Trinajstić information content (AvgIpc) is 3.86. The number of pyridine rings is 1. The molecule has 0 unspecified atom stereocenters. The van der Waals surface area contributed by atoms with E-state index in [9.17, 15) is 0 Å². The van der Waals surface area contributed by atoms with Crippen molar-refractivity contribution in [3.05, 3.63) is 277 Å². The van der Waals surface area contributed by atoms with E-state index in [1.54, 1.807) is 0 Å². The summed E-state index contributed by atoms with van der Waals surface area (Å²) >= 11 is 0. The molecule has 9 aromatic carbocycles. The van der Waals surface area contributed by atoms with Gasteiger partial charge in [0.15, 0.2) is 8.07 Å². The molecule has 0 radical (unpaired) electrons. The summed E-state index contributed by atoms with van der Waals surface area (Å²) in [6.07, 6.45) is 3.74. The zero-order valence-corrected chi connectivity index (χ0v) is 35.6. The molecular formula is C60H42N2Si. The Morgan fingerprint density at radius 1 is 0.349 bits per heavy atom. The van der Waals surface area contributed by atoms with E-state index in [1.807, 2.05) is 12.4 Å². The molecule has 1 aliphatic carbocycles. The average molecular weight is 819 g/mol. The van der Waals surface area contributed by atoms with E-state index in [0.29, 0.717) is 0 Å². The van der Waals surface area contributed by atoms with Gasteiger partial charge in [0.2, 0.25) is 0 Å². The van der Waals surface area contributed by atoms with Gasteiger partial charge in [-0.3, -0.25) is 4.98 Å². The summed E-state index contributed by atoms with van der Waals surface area (Å²) in [4.78, 5) is 4.31. The van der Waals surface area contributed by atoms with Crippen molar-refractivity contribution < 1.29 is 0 Å². The molecular weight excluding hydrogens is 777 g/mol. The van der Waals surface area contributed by atoms with Gasteiger partial charge in [0.25, 0.3) is 0 Å². The SMILES string of the molecule is c1ccc(C2(c3ccccc3)c3cc(-c4ccc5c(c4)c4ccccc4n5-c4ccncc4)ccc3-c3ccc([Si](c4ccccc4)(c4ccccc4)c4ccccc4)cc32)cc1. The van der Waals surface area contributed by atoms with E-state index >= 15 is 0 Å². The second-order valence-corrected chi connectivity index (χ2v) is 20.5. The van der Waals surface area contributed by atoms with Crippen molar-refractivity contribution in [1.82, 2.24) is 9.55 Å². The molecule has 3 heteroatoms. The van der Waals surface area contributed by atoms with Gasteiger partial charge >= 0.3 is 0 Å². The molecule has 0 saturated carbocycles. The maximum Gasteiger partial charge on any atom is 0.179 e. The van der Waals surface area contributed by atoms with Crippen molar-refractivity contribution in [2.75, 3.05) is 0 Å². The number of benzene rings is 9. The second kappa shape index (κ2) is 14.9. The van der Waals surface area contributed by atoms with E-state index in [1.165, 1.54) is 87.1 Å². The van der Waals surface area contributed by atoms with Gasteiger partial charge in [-0.2, -0.15) is 0 Å². The monoisotopic (exact) mass is 818 g/mol. The van der Waals surface area contributed by atoms with Crippen LogP contribution in [-0.2, 0) is 5.41 Å². The largest absolute Gasteiger partial charge is 0.309 e. The van der Waals surface area contributed by atoms with E-state index in [-0.39, 0.29) is 0 Å². The van der Waals surface area contributed by atoms with Crippen LogP contribution in [0.4, 0.5) is 0 Å². The maximum absolute atomic E-state index is 4.31. The fraction of sp³-hybridized carbons (Fsp3) is 0.0167. The zero-order chi connectivity index (χ0) is 41.8. The summed E-state index contributed by atoms with van der Waals surface area (Å²) in [6.45, 7) is 0. The minimum absolute atomic E-state index is 0.592. The Morgan fingerprint density at radius 2 is 0.810 bits per heavy atom. The van der Waals surface area contributed by atoms with Gasteiger partial charge in [0.1, 0.15) is 0 Å². The van der Waals surface area contributed by atoms with Crippen molar-refractivity contribution in [1.29, 1.82) is 0 Å². The summed E-state index contributed by atoms with van der Waals surface area (Å²) in [6, 6.07) is 90.8. The molecule has 0 N–H and O–H groups in total. The van der Waals surface area contributed by atoms with Crippen LogP contribution in [0.25, 0.3) is 49.7 Å². The smallest absolute Gasteiger partial charge is 0.179 e. The lowest BCUT2D eigenvalue weighted by Crippen LogP contribution is -2.74. The molecule has 296 valence electrons. The van der Waals surface area contributed by atoms with Crippen molar-refractivity contribution in [3.63, 3.8) is 0 Å². The third kappa shape index (κ3) is 5.60. The van der Waals surface area contributed by atoms with E-state index in [4.69, 9.17) is 0 Å². The van der Waals surface area contributed by atoms with E-state index in [2.05, 4.69) is 252 Å². The fourth-order valence-electron chi connectivity index (χ4n) is 10.9. The lowest BCUT2D eigenvalue weighted by atomic mass is 9.67. The lowest BCUT2D eigenvalue weighted by molar-refractivity contribution is 0.769. The Bertz CT molecular complexity index is 3280. The van der Waals surface area contributed by atoms with Crippen LogP contribution in [0.5, 0.6) is 0 Å². The Kier molecular flexibility index (Phi) is 8.77. The quantitative estimate of drug-likeness (QED) is 0.110. The molecule has 0 saturated heterocycles. The number of fused-ring (bicyclic) bond motifs is 6. The highest BCUT2D eigenvalue weighted by atomic mass is 28.3. The van der Waals surface area contributed by atoms with Gasteiger partial charge in [-0.05, 0) is 102 Å². The normalized spacial score (nSPS) is 12.9. The maximum atomic E-state index is 4.31. The topological polar surface area (TPSA) is 17.8 Å². The van der Waals surface area contributed by atoms with E-state index < -0.39 is 13.5 Å². The third-order valence-corrected chi connectivity index (χ3v) is 18.3. The highest BCUT2D eigenvalue weighted by molar-refractivity contribution is 7.19. The Hall–Kier alpha value is -7.85. The van der Waals surface area contributed by atoms with Crippen LogP contribution in [-0.4, -0.2) is 17.6 Å². The predicted molar refractivity (Wildman–Crippen MR) is 265 cm³/mol. The Labute approximate surface area is 369 Å². The summed E-state index contributed by atoms with van der Waals surface area (Å²) in [5.41, 5.74) is 13.0. The first-order valence-corrected chi connectivity index (χ1v) is 23.8. The summed E-state index contributed by atoms with van der Waals surface area (Å²) in [5.74, 6) is 0. The molecule has 0 spiro atoms. The number of hydrogen-bond donors (Lipinski definition) is 0. The first kappa shape index (κ1) is 37.0. The molecule has 0 atom stereocenters. The third-order valence-electron chi connectivity index (χ3n) is 13.5. The van der Waals surface area contributed by atoms with Crippen LogP contribution in [0.15, 0.2) is 255 Å². The van der Waals surface area contributed by atoms with Crippen LogP contribution >= 0.6 is 0 Å². The summed E-state index contributed by atoms with van der Waals surface area (Å²) in [5, 5.41) is 7.93. The number of para-hydroxylation sites is 1. The van der Waals surface area contributed by atoms with Gasteiger partial charge in [-0.15, -0.1) is 0 Å². The first-order valence-electron chi connectivity index (χ1n) is 21.8. The predicted octanol–water partition coefficient (Wildman–Crippen LogP) is 11.6. The molecule has 0 bridgehead atoms. The fourth-order valence-corrected chi connectivity index (χ4v) is 15.7. The van der Waals surface area contributed by atoms with Gasteiger partial charge < -0.3 is 4.57 Å². The van der Waals surface area contributed by atoms with E-state index in [0.717, 1.165) is 5.69 Å². The zero-order valence-electron chi connectivity index (χ0n) is 34.6. The van der Waals surface area contributed by atoms with Crippen LogP contribution in [0.3, 0.4) is 0 Å². The number of aromatic nitrogens is 2. The minimum atomic E-state index is -2.85. The van der Waals surface area contributed by atoms with Gasteiger partial charge in [-0.1, -0.05) is 206 Å². The van der Waals surface area contributed by atoms with Gasteiger partial charge in [0.05, 0.1) is 16.4 Å². The van der Waals surface area contributed by atoms with Crippen LogP contribution < -0.4 is 20.7 Å². The number of hydrogen-bond acceptors (Lipinski definition) is 1. The molecule has 0 fully saturated rings. The highest BCUT2D eigenvalue weighted by Gasteiger charge is 2.49. The van der Waals surface area contributed by atoms with Crippen LogP contribution in [0.1, 0.15) is 22.3 Å². The molecule has 0 amide bonds. The Balaban J connectivity index is 1.13. The molecule has 63 heavy (non-hydrogen) atoms. The standard InChI is InChI=1S/C60H42N2Si/c1-6-18-45(19-7-1)60(46-20-8-2-9-21-46)56-41-44(43-31-35-59-55(40-43)54-28-16-17-29-58(54)62(59)47-36-38-61-39-37-47)30-33-52(56)53-34-32-51(42-57(53)60)63(48-22-10-3-11-23-48,49-24-12-4-13-25-49)50-26-14-5-15-27-50/h1-42H. The van der Waals surface area contributed by atoms with Gasteiger partial charge in [0, 0.05) is 28.9 Å². The molecule has 1 aliphatic rings. The van der Waals surface area contributed by atoms with Crippen molar-refractivity contribution in [3.8, 4) is 27.9 Å². The molecule has 2 aromatic heterocycles. The van der Waals surface area contributed by atoms with Crippen molar-refractivity contribution >= 4 is 50.6 Å². The first-order chi connectivity index (χ1) is 31.3. The van der Waals surface area contributed by atoms with Crippen molar-refractivity contribution in [2.45, 2.75) is 5.41 Å². The molecule has 2 nitrogen and oxygen atoms in total. The highest BCUT2D eigenvalue weighted by Crippen LogP contribution is 2.56. The lowest BCUT2D eigenvalue weighted by Gasteiger charge is -2.37. The minimum Gasteiger partial charge on any atom is -0.309 e. The molecule has 2 heterocycles. The number of nitrogens with zero attached hydrogens (tertiary/aromatic N) is 2. The van der Waals surface area contributed by atoms with Gasteiger partial charge in [-0.25, -0.2) is 0 Å². The molecule has 12 rings (SSSR count). The van der Waals surface area contributed by atoms with Crippen LogP contribution in [0, 0.1) is 0 Å².